The second kappa shape index (κ2) is 3.53. The van der Waals surface area contributed by atoms with E-state index in [0.717, 1.165) is 0 Å². The quantitative estimate of drug-likeness (QED) is 0.591. The smallest absolute Gasteiger partial charge is 0.296 e. The Morgan fingerprint density at radius 2 is 2.08 bits per heavy atom. The van der Waals surface area contributed by atoms with Crippen molar-refractivity contribution in [2.45, 2.75) is 11.8 Å². The fraction of sp³-hybridized carbons (Fsp3) is 0.143. The van der Waals surface area contributed by atoms with Crippen LogP contribution in [0.4, 0.5) is 5.69 Å². The topological polar surface area (TPSA) is 66.4 Å². The van der Waals surface area contributed by atoms with Gasteiger partial charge in [-0.05, 0) is 18.6 Å². The Kier molecular flexibility index (Phi) is 2.80. The zero-order valence-electron chi connectivity index (χ0n) is 6.78. The molecule has 2 N–H and O–H groups in total. The largest absolute Gasteiger partial charge is 0.297 e. The van der Waals surface area contributed by atoms with E-state index in [-0.39, 0.29) is 10.6 Å². The van der Waals surface area contributed by atoms with E-state index in [0.29, 0.717) is 5.56 Å². The highest BCUT2D eigenvalue weighted by Gasteiger charge is 2.17. The van der Waals surface area contributed by atoms with E-state index >= 15 is 0 Å². The Balaban J connectivity index is 3.50. The molecule has 0 aliphatic heterocycles. The van der Waals surface area contributed by atoms with Gasteiger partial charge in [0.25, 0.3) is 10.1 Å². The van der Waals surface area contributed by atoms with Crippen LogP contribution in [0.2, 0.25) is 0 Å². The maximum Gasteiger partial charge on any atom is 0.296 e. The highest BCUT2D eigenvalue weighted by atomic mass is 35.5. The molecule has 1 rings (SSSR count). The molecule has 4 nitrogen and oxygen atoms in total. The lowest BCUT2D eigenvalue weighted by atomic mass is 10.2. The number of halogens is 1. The van der Waals surface area contributed by atoms with Gasteiger partial charge in [0.05, 0.1) is 5.69 Å². The van der Waals surface area contributed by atoms with Crippen molar-refractivity contribution in [1.82, 2.24) is 0 Å². The lowest BCUT2D eigenvalue weighted by Gasteiger charge is -2.06. The molecule has 0 spiro atoms. The van der Waals surface area contributed by atoms with Crippen molar-refractivity contribution in [1.29, 1.82) is 0 Å². The van der Waals surface area contributed by atoms with E-state index in [2.05, 4.69) is 4.84 Å². The van der Waals surface area contributed by atoms with Crippen LogP contribution < -0.4 is 4.84 Å². The van der Waals surface area contributed by atoms with E-state index in [4.69, 9.17) is 16.3 Å². The summed E-state index contributed by atoms with van der Waals surface area (Å²) in [5, 5.41) is 0. The minimum atomic E-state index is -4.22. The minimum absolute atomic E-state index is 0.171. The monoisotopic (exact) mass is 221 g/mol. The van der Waals surface area contributed by atoms with Crippen molar-refractivity contribution in [2.75, 3.05) is 4.84 Å². The average molecular weight is 222 g/mol. The molecule has 0 amide bonds. The molecular formula is C7H8ClNO3S. The molecule has 6 heteroatoms. The molecule has 0 aromatic heterocycles. The van der Waals surface area contributed by atoms with E-state index < -0.39 is 10.1 Å². The maximum atomic E-state index is 10.9. The van der Waals surface area contributed by atoms with Gasteiger partial charge in [-0.3, -0.25) is 9.39 Å². The summed E-state index contributed by atoms with van der Waals surface area (Å²) >= 11 is 5.28. The molecule has 0 unspecified atom stereocenters. The highest BCUT2D eigenvalue weighted by molar-refractivity contribution is 7.86. The Labute approximate surface area is 81.4 Å². The number of nitrogens with one attached hydrogen (secondary N) is 1. The minimum Gasteiger partial charge on any atom is -0.297 e. The summed E-state index contributed by atoms with van der Waals surface area (Å²) in [6.07, 6.45) is 0. The summed E-state index contributed by atoms with van der Waals surface area (Å²) < 4.78 is 30.6. The molecule has 72 valence electrons. The van der Waals surface area contributed by atoms with Gasteiger partial charge < -0.3 is 0 Å². The number of hydrogen-bond donors (Lipinski definition) is 2. The fourth-order valence-electron chi connectivity index (χ4n) is 1.07. The first kappa shape index (κ1) is 10.3. The zero-order valence-corrected chi connectivity index (χ0v) is 8.35. The third-order valence-electron chi connectivity index (χ3n) is 1.57. The second-order valence-corrected chi connectivity index (χ2v) is 4.07. The van der Waals surface area contributed by atoms with Gasteiger partial charge in [-0.25, -0.2) is 0 Å². The van der Waals surface area contributed by atoms with Gasteiger partial charge in [0.15, 0.2) is 0 Å². The Bertz CT molecular complexity index is 416. The normalized spacial score (nSPS) is 11.3. The molecule has 1 aromatic rings. The summed E-state index contributed by atoms with van der Waals surface area (Å²) in [5.41, 5.74) is 0.609. The van der Waals surface area contributed by atoms with E-state index in [1.807, 2.05) is 0 Å². The average Bonchev–Trinajstić information content (AvgIpc) is 2.01. The molecule has 0 fully saturated rings. The number of benzene rings is 1. The highest BCUT2D eigenvalue weighted by Crippen LogP contribution is 2.24. The van der Waals surface area contributed by atoms with E-state index in [9.17, 15) is 8.42 Å². The molecular weight excluding hydrogens is 214 g/mol. The van der Waals surface area contributed by atoms with E-state index in [1.54, 1.807) is 19.1 Å². The Morgan fingerprint density at radius 3 is 2.46 bits per heavy atom. The van der Waals surface area contributed by atoms with Crippen LogP contribution in [-0.4, -0.2) is 13.0 Å². The molecule has 0 heterocycles. The van der Waals surface area contributed by atoms with Crippen LogP contribution in [0, 0.1) is 6.92 Å². The second-order valence-electron chi connectivity index (χ2n) is 2.52. The lowest BCUT2D eigenvalue weighted by Crippen LogP contribution is -2.03. The van der Waals surface area contributed by atoms with Crippen LogP contribution >= 0.6 is 11.8 Å². The van der Waals surface area contributed by atoms with Gasteiger partial charge >= 0.3 is 0 Å². The van der Waals surface area contributed by atoms with Gasteiger partial charge in [0.2, 0.25) is 0 Å². The first-order valence-corrected chi connectivity index (χ1v) is 5.22. The summed E-state index contributed by atoms with van der Waals surface area (Å²) in [6, 6.07) is 4.67. The summed E-state index contributed by atoms with van der Waals surface area (Å²) in [6.45, 7) is 1.57. The maximum absolute atomic E-state index is 10.9. The summed E-state index contributed by atoms with van der Waals surface area (Å²) in [5.74, 6) is 0. The summed E-state index contributed by atoms with van der Waals surface area (Å²) in [7, 11) is -4.22. The molecule has 0 aliphatic carbocycles. The predicted octanol–water partition coefficient (Wildman–Crippen LogP) is 1.81. The molecule has 0 atom stereocenters. The Morgan fingerprint density at radius 1 is 1.46 bits per heavy atom. The molecule has 0 saturated heterocycles. The third kappa shape index (κ3) is 2.12. The van der Waals surface area contributed by atoms with Crippen LogP contribution in [0.5, 0.6) is 0 Å². The number of rotatable bonds is 2. The van der Waals surface area contributed by atoms with Crippen LogP contribution in [0.25, 0.3) is 0 Å². The zero-order chi connectivity index (χ0) is 10.1. The van der Waals surface area contributed by atoms with Crippen molar-refractivity contribution in [3.8, 4) is 0 Å². The van der Waals surface area contributed by atoms with Crippen LogP contribution in [-0.2, 0) is 10.1 Å². The van der Waals surface area contributed by atoms with Gasteiger partial charge in [-0.15, -0.1) is 0 Å². The van der Waals surface area contributed by atoms with Gasteiger partial charge in [0.1, 0.15) is 4.90 Å². The van der Waals surface area contributed by atoms with Crippen molar-refractivity contribution >= 4 is 27.6 Å². The standard InChI is InChI=1S/C7H8ClNO3S/c1-5-3-2-4-6(9-8)7(5)13(10,11)12/h2-4,9H,1H3,(H,10,11,12). The first-order chi connectivity index (χ1) is 5.96. The van der Waals surface area contributed by atoms with Crippen LogP contribution in [0.3, 0.4) is 0 Å². The molecule has 0 aliphatic rings. The van der Waals surface area contributed by atoms with Crippen molar-refractivity contribution in [3.63, 3.8) is 0 Å². The number of hydrogen-bond acceptors (Lipinski definition) is 3. The fourth-order valence-corrected chi connectivity index (χ4v) is 2.15. The predicted molar refractivity (Wildman–Crippen MR) is 50.5 cm³/mol. The van der Waals surface area contributed by atoms with Gasteiger partial charge in [0, 0.05) is 11.8 Å². The van der Waals surface area contributed by atoms with Gasteiger partial charge in [-0.1, -0.05) is 12.1 Å². The third-order valence-corrected chi connectivity index (χ3v) is 2.83. The SMILES string of the molecule is Cc1cccc(NCl)c1S(=O)(=O)O. The van der Waals surface area contributed by atoms with Crippen LogP contribution in [0.1, 0.15) is 5.56 Å². The summed E-state index contributed by atoms with van der Waals surface area (Å²) in [4.78, 5) is 1.99. The molecule has 0 bridgehead atoms. The van der Waals surface area contributed by atoms with Crippen molar-refractivity contribution in [3.05, 3.63) is 23.8 Å². The van der Waals surface area contributed by atoms with Crippen molar-refractivity contribution in [2.24, 2.45) is 0 Å². The number of aryl methyl sites for hydroxylation is 1. The van der Waals surface area contributed by atoms with Gasteiger partial charge in [-0.2, -0.15) is 8.42 Å². The first-order valence-electron chi connectivity index (χ1n) is 3.40. The molecule has 1 aromatic carbocycles. The number of anilines is 1. The van der Waals surface area contributed by atoms with E-state index in [1.165, 1.54) is 6.07 Å². The molecule has 13 heavy (non-hydrogen) atoms. The van der Waals surface area contributed by atoms with Crippen molar-refractivity contribution < 1.29 is 13.0 Å². The Hall–Kier alpha value is -0.780. The molecule has 0 radical (unpaired) electrons. The lowest BCUT2D eigenvalue weighted by molar-refractivity contribution is 0.483. The van der Waals surface area contributed by atoms with Crippen LogP contribution in [0.15, 0.2) is 23.1 Å². The molecule has 0 saturated carbocycles.